The van der Waals surface area contributed by atoms with Crippen molar-refractivity contribution in [2.24, 2.45) is 0 Å². The molecular formula is C24H18N2. The lowest BCUT2D eigenvalue weighted by Gasteiger charge is -2.22. The zero-order valence-electron chi connectivity index (χ0n) is 14.6. The van der Waals surface area contributed by atoms with E-state index in [0.717, 1.165) is 16.7 Å². The molecule has 26 heavy (non-hydrogen) atoms. The van der Waals surface area contributed by atoms with E-state index in [1.54, 1.807) is 0 Å². The molecule has 0 aliphatic heterocycles. The third-order valence-corrected chi connectivity index (χ3v) is 5.03. The van der Waals surface area contributed by atoms with Crippen LogP contribution in [0.15, 0.2) is 91.0 Å². The minimum absolute atomic E-state index is 0.948. The normalized spacial score (nSPS) is 11.3. The van der Waals surface area contributed by atoms with Gasteiger partial charge in [-0.2, -0.15) is 0 Å². The molecule has 0 aliphatic carbocycles. The first-order valence-electron chi connectivity index (χ1n) is 8.81. The molecule has 0 N–H and O–H groups in total. The first kappa shape index (κ1) is 14.9. The summed E-state index contributed by atoms with van der Waals surface area (Å²) in [6, 6.07) is 31.9. The van der Waals surface area contributed by atoms with Crippen LogP contribution in [0.1, 0.15) is 0 Å². The molecule has 0 fully saturated rings. The molecule has 0 aliphatic rings. The van der Waals surface area contributed by atoms with Crippen LogP contribution in [-0.2, 0) is 0 Å². The summed E-state index contributed by atoms with van der Waals surface area (Å²) in [7, 11) is 2.09. The van der Waals surface area contributed by atoms with Gasteiger partial charge in [0.05, 0.1) is 11.2 Å². The Hall–Kier alpha value is -3.39. The molecule has 0 unspecified atom stereocenters. The van der Waals surface area contributed by atoms with Crippen LogP contribution in [0.4, 0.5) is 11.5 Å². The van der Waals surface area contributed by atoms with Gasteiger partial charge in [0.1, 0.15) is 5.82 Å². The monoisotopic (exact) mass is 334 g/mol. The Morgan fingerprint density at radius 3 is 2.12 bits per heavy atom. The molecule has 0 radical (unpaired) electrons. The molecule has 4 aromatic carbocycles. The van der Waals surface area contributed by atoms with Crippen LogP contribution in [-0.4, -0.2) is 12.0 Å². The van der Waals surface area contributed by atoms with Gasteiger partial charge in [0.25, 0.3) is 0 Å². The van der Waals surface area contributed by atoms with Crippen molar-refractivity contribution in [1.82, 2.24) is 4.98 Å². The van der Waals surface area contributed by atoms with E-state index in [0.29, 0.717) is 0 Å². The highest BCUT2D eigenvalue weighted by Crippen LogP contribution is 2.36. The van der Waals surface area contributed by atoms with Crippen molar-refractivity contribution >= 4 is 44.0 Å². The summed E-state index contributed by atoms with van der Waals surface area (Å²) in [5.74, 6) is 0.948. The van der Waals surface area contributed by atoms with Gasteiger partial charge in [-0.15, -0.1) is 0 Å². The van der Waals surface area contributed by atoms with E-state index in [1.165, 1.54) is 27.2 Å². The molecule has 0 amide bonds. The van der Waals surface area contributed by atoms with Crippen LogP contribution in [0.25, 0.3) is 32.4 Å². The summed E-state index contributed by atoms with van der Waals surface area (Å²) >= 11 is 0. The second-order valence-electron chi connectivity index (χ2n) is 6.58. The van der Waals surface area contributed by atoms with Crippen LogP contribution >= 0.6 is 0 Å². The Morgan fingerprint density at radius 1 is 0.615 bits per heavy atom. The molecule has 5 aromatic rings. The highest BCUT2D eigenvalue weighted by molar-refractivity contribution is 6.13. The lowest BCUT2D eigenvalue weighted by molar-refractivity contribution is 1.16. The second-order valence-corrected chi connectivity index (χ2v) is 6.58. The third-order valence-electron chi connectivity index (χ3n) is 5.03. The van der Waals surface area contributed by atoms with Crippen LogP contribution in [0.5, 0.6) is 0 Å². The Bertz CT molecular complexity index is 1260. The van der Waals surface area contributed by atoms with Crippen molar-refractivity contribution in [3.63, 3.8) is 0 Å². The molecule has 0 saturated carbocycles. The van der Waals surface area contributed by atoms with E-state index in [2.05, 4.69) is 90.8 Å². The summed E-state index contributed by atoms with van der Waals surface area (Å²) in [5, 5.41) is 6.20. The minimum Gasteiger partial charge on any atom is -0.329 e. The molecular weight excluding hydrogens is 316 g/mol. The first-order chi connectivity index (χ1) is 12.8. The van der Waals surface area contributed by atoms with E-state index in [4.69, 9.17) is 4.98 Å². The fourth-order valence-electron chi connectivity index (χ4n) is 3.68. The van der Waals surface area contributed by atoms with Crippen LogP contribution < -0.4 is 4.90 Å². The Labute approximate surface area is 152 Å². The molecule has 2 heteroatoms. The number of anilines is 2. The maximum absolute atomic E-state index is 4.86. The third kappa shape index (κ3) is 2.31. The maximum Gasteiger partial charge on any atom is 0.133 e. The first-order valence-corrected chi connectivity index (χ1v) is 8.81. The van der Waals surface area contributed by atoms with Crippen molar-refractivity contribution in [3.8, 4) is 0 Å². The number of benzene rings is 4. The number of hydrogen-bond donors (Lipinski definition) is 0. The largest absolute Gasteiger partial charge is 0.329 e. The average molecular weight is 334 g/mol. The number of aromatic nitrogens is 1. The molecule has 0 saturated heterocycles. The lowest BCUT2D eigenvalue weighted by atomic mass is 10.00. The smallest absolute Gasteiger partial charge is 0.133 e. The van der Waals surface area contributed by atoms with Crippen LogP contribution in [0.3, 0.4) is 0 Å². The fourth-order valence-corrected chi connectivity index (χ4v) is 3.68. The quantitative estimate of drug-likeness (QED) is 0.352. The Balaban J connectivity index is 1.75. The molecule has 2 nitrogen and oxygen atoms in total. The summed E-state index contributed by atoms with van der Waals surface area (Å²) < 4.78 is 0. The molecule has 0 atom stereocenters. The zero-order valence-corrected chi connectivity index (χ0v) is 14.6. The van der Waals surface area contributed by atoms with Gasteiger partial charge in [-0.05, 0) is 40.4 Å². The van der Waals surface area contributed by atoms with Gasteiger partial charge < -0.3 is 4.90 Å². The number of pyridine rings is 1. The maximum atomic E-state index is 4.86. The number of para-hydroxylation sites is 1. The van der Waals surface area contributed by atoms with Crippen LogP contribution in [0.2, 0.25) is 0 Å². The SMILES string of the molecule is CN(c1ccc2ccccc2n1)c1cc2ccccc2c2ccccc12. The summed E-state index contributed by atoms with van der Waals surface area (Å²) in [4.78, 5) is 7.05. The van der Waals surface area contributed by atoms with E-state index in [9.17, 15) is 0 Å². The summed E-state index contributed by atoms with van der Waals surface area (Å²) in [6.45, 7) is 0. The second kappa shape index (κ2) is 5.85. The number of hydrogen-bond acceptors (Lipinski definition) is 2. The Morgan fingerprint density at radius 2 is 1.27 bits per heavy atom. The number of rotatable bonds is 2. The van der Waals surface area contributed by atoms with Crippen LogP contribution in [0, 0.1) is 0 Å². The number of nitrogens with zero attached hydrogens (tertiary/aromatic N) is 2. The lowest BCUT2D eigenvalue weighted by Crippen LogP contribution is -2.11. The van der Waals surface area contributed by atoms with Crippen molar-refractivity contribution in [3.05, 3.63) is 91.0 Å². The van der Waals surface area contributed by atoms with Gasteiger partial charge in [0.15, 0.2) is 0 Å². The highest BCUT2D eigenvalue weighted by atomic mass is 15.2. The summed E-state index contributed by atoms with van der Waals surface area (Å²) in [5.41, 5.74) is 2.18. The molecule has 124 valence electrons. The summed E-state index contributed by atoms with van der Waals surface area (Å²) in [6.07, 6.45) is 0. The molecule has 5 rings (SSSR count). The fraction of sp³-hybridized carbons (Fsp3) is 0.0417. The highest BCUT2D eigenvalue weighted by Gasteiger charge is 2.12. The van der Waals surface area contributed by atoms with Gasteiger partial charge >= 0.3 is 0 Å². The van der Waals surface area contributed by atoms with Gasteiger partial charge in [0.2, 0.25) is 0 Å². The minimum atomic E-state index is 0.948. The van der Waals surface area contributed by atoms with Crippen molar-refractivity contribution in [2.45, 2.75) is 0 Å². The van der Waals surface area contributed by atoms with Crippen molar-refractivity contribution in [1.29, 1.82) is 0 Å². The number of fused-ring (bicyclic) bond motifs is 4. The van der Waals surface area contributed by atoms with E-state index in [1.807, 2.05) is 12.1 Å². The molecule has 1 aromatic heterocycles. The van der Waals surface area contributed by atoms with Crippen molar-refractivity contribution < 1.29 is 0 Å². The zero-order chi connectivity index (χ0) is 17.5. The van der Waals surface area contributed by atoms with Gasteiger partial charge in [-0.1, -0.05) is 66.7 Å². The van der Waals surface area contributed by atoms with Gasteiger partial charge in [-0.3, -0.25) is 0 Å². The van der Waals surface area contributed by atoms with Crippen molar-refractivity contribution in [2.75, 3.05) is 11.9 Å². The molecule has 1 heterocycles. The standard InChI is InChI=1S/C24H18N2/c1-26(24-15-14-17-8-3-7-13-22(17)25-24)23-16-18-9-2-4-10-19(18)20-11-5-6-12-21(20)23/h2-16H,1H3. The molecule has 0 spiro atoms. The van der Waals surface area contributed by atoms with E-state index >= 15 is 0 Å². The molecule has 0 bridgehead atoms. The van der Waals surface area contributed by atoms with Gasteiger partial charge in [-0.25, -0.2) is 4.98 Å². The van der Waals surface area contributed by atoms with E-state index in [-0.39, 0.29) is 0 Å². The topological polar surface area (TPSA) is 16.1 Å². The predicted octanol–water partition coefficient (Wildman–Crippen LogP) is 6.31. The average Bonchev–Trinajstić information content (AvgIpc) is 2.72. The van der Waals surface area contributed by atoms with Gasteiger partial charge in [0, 0.05) is 17.8 Å². The Kier molecular flexibility index (Phi) is 3.36. The predicted molar refractivity (Wildman–Crippen MR) is 111 cm³/mol. The van der Waals surface area contributed by atoms with E-state index < -0.39 is 0 Å².